The summed E-state index contributed by atoms with van der Waals surface area (Å²) in [5.41, 5.74) is 3.38. The van der Waals surface area contributed by atoms with Crippen molar-refractivity contribution >= 4 is 28.9 Å². The van der Waals surface area contributed by atoms with Gasteiger partial charge in [-0.15, -0.1) is 0 Å². The lowest BCUT2D eigenvalue weighted by atomic mass is 10.1. The lowest BCUT2D eigenvalue weighted by molar-refractivity contribution is -0.384. The smallest absolute Gasteiger partial charge is 0.275 e. The number of carbonyl (C=O) groups excluding carboxylic acids is 2. The molecular weight excluding hydrogens is 352 g/mol. The number of nitro groups is 1. The third-order valence-corrected chi connectivity index (χ3v) is 3.59. The molecule has 2 aromatic carbocycles. The fourth-order valence-corrected chi connectivity index (χ4v) is 2.22. The SMILES string of the molecule is CC(CC(=O)Nc1cccc([N+](=O)[O-])c1)=NNC(=O)c1cccc(C)c1O. The lowest BCUT2D eigenvalue weighted by Crippen LogP contribution is -2.21. The number of hydrogen-bond donors (Lipinski definition) is 3. The maximum Gasteiger partial charge on any atom is 0.275 e. The Kier molecular flexibility index (Phi) is 6.21. The molecule has 0 bridgehead atoms. The number of rotatable bonds is 6. The molecule has 0 saturated heterocycles. The average Bonchev–Trinajstić information content (AvgIpc) is 2.62. The van der Waals surface area contributed by atoms with Gasteiger partial charge in [0.15, 0.2) is 0 Å². The van der Waals surface area contributed by atoms with Crippen molar-refractivity contribution in [2.45, 2.75) is 20.3 Å². The average molecular weight is 370 g/mol. The molecule has 0 spiro atoms. The quantitative estimate of drug-likeness (QED) is 0.408. The van der Waals surface area contributed by atoms with E-state index in [2.05, 4.69) is 15.8 Å². The topological polar surface area (TPSA) is 134 Å². The minimum atomic E-state index is -0.602. The van der Waals surface area contributed by atoms with Crippen LogP contribution in [0.4, 0.5) is 11.4 Å². The molecule has 0 unspecified atom stereocenters. The minimum Gasteiger partial charge on any atom is -0.507 e. The van der Waals surface area contributed by atoms with E-state index >= 15 is 0 Å². The number of nitrogens with zero attached hydrogens (tertiary/aromatic N) is 2. The maximum atomic E-state index is 12.1. The zero-order chi connectivity index (χ0) is 20.0. The number of hydrogen-bond acceptors (Lipinski definition) is 6. The van der Waals surface area contributed by atoms with Crippen molar-refractivity contribution in [3.05, 3.63) is 63.7 Å². The first-order valence-electron chi connectivity index (χ1n) is 7.94. The van der Waals surface area contributed by atoms with Gasteiger partial charge in [-0.25, -0.2) is 5.43 Å². The van der Waals surface area contributed by atoms with Gasteiger partial charge in [0, 0.05) is 23.5 Å². The normalized spacial score (nSPS) is 11.0. The van der Waals surface area contributed by atoms with Crippen LogP contribution in [0.2, 0.25) is 0 Å². The second-order valence-electron chi connectivity index (χ2n) is 5.79. The highest BCUT2D eigenvalue weighted by Crippen LogP contribution is 2.21. The molecule has 0 aliphatic heterocycles. The van der Waals surface area contributed by atoms with Gasteiger partial charge in [0.25, 0.3) is 11.6 Å². The molecule has 27 heavy (non-hydrogen) atoms. The van der Waals surface area contributed by atoms with Crippen LogP contribution in [0.5, 0.6) is 5.75 Å². The molecule has 0 aliphatic carbocycles. The molecule has 2 amide bonds. The van der Waals surface area contributed by atoms with Crippen LogP contribution in [0.3, 0.4) is 0 Å². The molecule has 140 valence electrons. The highest BCUT2D eigenvalue weighted by Gasteiger charge is 2.13. The number of phenols is 1. The summed E-state index contributed by atoms with van der Waals surface area (Å²) >= 11 is 0. The highest BCUT2D eigenvalue weighted by atomic mass is 16.6. The summed E-state index contributed by atoms with van der Waals surface area (Å²) in [6.07, 6.45) is -0.122. The van der Waals surface area contributed by atoms with E-state index < -0.39 is 16.7 Å². The van der Waals surface area contributed by atoms with E-state index in [-0.39, 0.29) is 29.1 Å². The van der Waals surface area contributed by atoms with Crippen LogP contribution in [0.15, 0.2) is 47.6 Å². The van der Waals surface area contributed by atoms with E-state index in [0.29, 0.717) is 11.3 Å². The van der Waals surface area contributed by atoms with Gasteiger partial charge in [-0.3, -0.25) is 19.7 Å². The minimum absolute atomic E-state index is 0.0765. The molecule has 0 atom stereocenters. The van der Waals surface area contributed by atoms with Crippen molar-refractivity contribution in [2.24, 2.45) is 5.10 Å². The first kappa shape index (κ1) is 19.6. The van der Waals surface area contributed by atoms with Gasteiger partial charge in [-0.2, -0.15) is 5.10 Å². The van der Waals surface area contributed by atoms with Gasteiger partial charge >= 0.3 is 0 Å². The van der Waals surface area contributed by atoms with Crippen LogP contribution >= 0.6 is 0 Å². The van der Waals surface area contributed by atoms with Gasteiger partial charge < -0.3 is 10.4 Å². The second-order valence-corrected chi connectivity index (χ2v) is 5.79. The van der Waals surface area contributed by atoms with Crippen LogP contribution in [0.25, 0.3) is 0 Å². The summed E-state index contributed by atoms with van der Waals surface area (Å²) in [5, 5.41) is 27.0. The van der Waals surface area contributed by atoms with E-state index in [9.17, 15) is 24.8 Å². The third kappa shape index (κ3) is 5.36. The standard InChI is InChI=1S/C18H18N4O5/c1-11-5-3-8-15(17(11)24)18(25)21-20-12(2)9-16(23)19-13-6-4-7-14(10-13)22(26)27/h3-8,10,24H,9H2,1-2H3,(H,19,23)(H,21,25). The molecular formula is C18H18N4O5. The number of benzene rings is 2. The van der Waals surface area contributed by atoms with Crippen molar-refractivity contribution in [3.63, 3.8) is 0 Å². The Morgan fingerprint density at radius 1 is 1.22 bits per heavy atom. The number of nitro benzene ring substituents is 1. The summed E-state index contributed by atoms with van der Waals surface area (Å²) in [4.78, 5) is 34.2. The van der Waals surface area contributed by atoms with Crippen molar-refractivity contribution < 1.29 is 19.6 Å². The predicted molar refractivity (Wildman–Crippen MR) is 99.8 cm³/mol. The summed E-state index contributed by atoms with van der Waals surface area (Å²) in [6.45, 7) is 3.21. The molecule has 0 aliphatic rings. The molecule has 0 aromatic heterocycles. The molecule has 3 N–H and O–H groups in total. The molecule has 0 heterocycles. The largest absolute Gasteiger partial charge is 0.507 e. The van der Waals surface area contributed by atoms with Gasteiger partial charge in [-0.05, 0) is 31.5 Å². The third-order valence-electron chi connectivity index (χ3n) is 3.59. The summed E-state index contributed by atoms with van der Waals surface area (Å²) in [6, 6.07) is 10.3. The van der Waals surface area contributed by atoms with Gasteiger partial charge in [0.1, 0.15) is 5.75 Å². The van der Waals surface area contributed by atoms with E-state index in [4.69, 9.17) is 0 Å². The van der Waals surface area contributed by atoms with Crippen LogP contribution in [-0.4, -0.2) is 27.6 Å². The number of para-hydroxylation sites is 1. The van der Waals surface area contributed by atoms with Crippen LogP contribution in [0, 0.1) is 17.0 Å². The molecule has 0 fully saturated rings. The Balaban J connectivity index is 1.95. The van der Waals surface area contributed by atoms with Crippen molar-refractivity contribution in [3.8, 4) is 5.75 Å². The fourth-order valence-electron chi connectivity index (χ4n) is 2.22. The van der Waals surface area contributed by atoms with Crippen LogP contribution in [-0.2, 0) is 4.79 Å². The lowest BCUT2D eigenvalue weighted by Gasteiger charge is -2.07. The molecule has 2 rings (SSSR count). The molecule has 9 heteroatoms. The van der Waals surface area contributed by atoms with Crippen LogP contribution in [0.1, 0.15) is 29.3 Å². The van der Waals surface area contributed by atoms with Crippen molar-refractivity contribution in [1.29, 1.82) is 0 Å². The number of anilines is 1. The maximum absolute atomic E-state index is 12.1. The van der Waals surface area contributed by atoms with E-state index in [0.717, 1.165) is 0 Å². The Morgan fingerprint density at radius 2 is 1.93 bits per heavy atom. The summed E-state index contributed by atoms with van der Waals surface area (Å²) in [5.74, 6) is -1.18. The number of hydrazone groups is 1. The Hall–Kier alpha value is -3.75. The zero-order valence-electron chi connectivity index (χ0n) is 14.7. The van der Waals surface area contributed by atoms with Crippen molar-refractivity contribution in [2.75, 3.05) is 5.32 Å². The number of amides is 2. The fraction of sp³-hybridized carbons (Fsp3) is 0.167. The molecule has 2 aromatic rings. The Labute approximate surface area is 154 Å². The monoisotopic (exact) mass is 370 g/mol. The summed E-state index contributed by atoms with van der Waals surface area (Å²) < 4.78 is 0. The predicted octanol–water partition coefficient (Wildman–Crippen LogP) is 2.74. The van der Waals surface area contributed by atoms with Gasteiger partial charge in [0.05, 0.1) is 16.9 Å². The number of phenolic OH excluding ortho intramolecular Hbond substituents is 1. The first-order valence-corrected chi connectivity index (χ1v) is 7.94. The van der Waals surface area contributed by atoms with Gasteiger partial charge in [0.2, 0.25) is 5.91 Å². The zero-order valence-corrected chi connectivity index (χ0v) is 14.7. The first-order chi connectivity index (χ1) is 12.8. The highest BCUT2D eigenvalue weighted by molar-refractivity contribution is 6.06. The summed E-state index contributed by atoms with van der Waals surface area (Å²) in [7, 11) is 0. The van der Waals surface area contributed by atoms with E-state index in [1.807, 2.05) is 0 Å². The van der Waals surface area contributed by atoms with Crippen molar-refractivity contribution in [1.82, 2.24) is 5.43 Å². The number of aromatic hydroxyl groups is 1. The Morgan fingerprint density at radius 3 is 2.63 bits per heavy atom. The van der Waals surface area contributed by atoms with E-state index in [1.54, 1.807) is 26.0 Å². The number of aryl methyl sites for hydroxylation is 1. The number of carbonyl (C=O) groups is 2. The molecule has 0 radical (unpaired) electrons. The number of nitrogens with one attached hydrogen (secondary N) is 2. The number of non-ortho nitro benzene ring substituents is 1. The van der Waals surface area contributed by atoms with Gasteiger partial charge in [-0.1, -0.05) is 18.2 Å². The van der Waals surface area contributed by atoms with E-state index in [1.165, 1.54) is 30.3 Å². The Bertz CT molecular complexity index is 924. The second kappa shape index (κ2) is 8.56. The van der Waals surface area contributed by atoms with Crippen LogP contribution < -0.4 is 10.7 Å². The molecule has 0 saturated carbocycles. The molecule has 9 nitrogen and oxygen atoms in total.